The second kappa shape index (κ2) is 7.18. The summed E-state index contributed by atoms with van der Waals surface area (Å²) in [6.07, 6.45) is 3.25. The minimum Gasteiger partial charge on any atom is -0.381 e. The largest absolute Gasteiger partial charge is 0.381 e. The molecule has 0 bridgehead atoms. The van der Waals surface area contributed by atoms with Crippen LogP contribution in [0.3, 0.4) is 0 Å². The highest BCUT2D eigenvalue weighted by Gasteiger charge is 2.34. The summed E-state index contributed by atoms with van der Waals surface area (Å²) >= 11 is 1.71. The van der Waals surface area contributed by atoms with E-state index in [0.29, 0.717) is 13.2 Å². The van der Waals surface area contributed by atoms with E-state index in [9.17, 15) is 5.26 Å². The van der Waals surface area contributed by atoms with Crippen molar-refractivity contribution in [2.24, 2.45) is 0 Å². The molecule has 1 fully saturated rings. The van der Waals surface area contributed by atoms with Crippen LogP contribution < -0.4 is 0 Å². The lowest BCUT2D eigenvalue weighted by atomic mass is 9.75. The Morgan fingerprint density at radius 2 is 1.93 bits per heavy atom. The van der Waals surface area contributed by atoms with Crippen molar-refractivity contribution < 1.29 is 4.74 Å². The Labute approximate surface area is 173 Å². The van der Waals surface area contributed by atoms with Gasteiger partial charge in [-0.2, -0.15) is 5.26 Å². The van der Waals surface area contributed by atoms with E-state index in [1.807, 2.05) is 4.40 Å². The van der Waals surface area contributed by atoms with Crippen LogP contribution in [-0.4, -0.2) is 27.8 Å². The molecule has 5 nitrogen and oxygen atoms in total. The number of hydrogen-bond acceptors (Lipinski definition) is 5. The van der Waals surface area contributed by atoms with Crippen molar-refractivity contribution in [3.8, 4) is 6.07 Å². The van der Waals surface area contributed by atoms with Crippen LogP contribution >= 0.6 is 11.8 Å². The molecule has 0 aliphatic carbocycles. The van der Waals surface area contributed by atoms with E-state index in [-0.39, 0.29) is 0 Å². The van der Waals surface area contributed by atoms with E-state index in [0.717, 1.165) is 39.4 Å². The van der Waals surface area contributed by atoms with E-state index >= 15 is 0 Å². The number of aryl methyl sites for hydroxylation is 1. The van der Waals surface area contributed by atoms with Gasteiger partial charge in [-0.05, 0) is 61.2 Å². The van der Waals surface area contributed by atoms with Crippen molar-refractivity contribution in [3.05, 3.63) is 66.0 Å². The van der Waals surface area contributed by atoms with Crippen LogP contribution in [0.4, 0.5) is 0 Å². The summed E-state index contributed by atoms with van der Waals surface area (Å²) < 4.78 is 7.51. The lowest BCUT2D eigenvalue weighted by Gasteiger charge is -2.31. The molecule has 6 heteroatoms. The predicted molar refractivity (Wildman–Crippen MR) is 113 cm³/mol. The summed E-state index contributed by atoms with van der Waals surface area (Å²) in [5, 5.41) is 19.3. The zero-order valence-electron chi connectivity index (χ0n) is 16.1. The average molecular weight is 401 g/mol. The number of nitrogens with zero attached hydrogens (tertiary/aromatic N) is 4. The van der Waals surface area contributed by atoms with E-state index in [2.05, 4.69) is 71.7 Å². The molecule has 2 aromatic heterocycles. The summed E-state index contributed by atoms with van der Waals surface area (Å²) in [7, 11) is 0. The number of ether oxygens (including phenoxy) is 1. The topological polar surface area (TPSA) is 63.2 Å². The van der Waals surface area contributed by atoms with Gasteiger partial charge >= 0.3 is 0 Å². The number of aromatic nitrogens is 3. The van der Waals surface area contributed by atoms with Gasteiger partial charge in [0.15, 0.2) is 5.65 Å². The third kappa shape index (κ3) is 3.17. The Kier molecular flexibility index (Phi) is 4.50. The van der Waals surface area contributed by atoms with Gasteiger partial charge in [0.2, 0.25) is 0 Å². The summed E-state index contributed by atoms with van der Waals surface area (Å²) in [6, 6.07) is 19.5. The molecular formula is C23H20N4OS. The molecule has 1 aliphatic rings. The molecule has 0 saturated carbocycles. The Morgan fingerprint density at radius 1 is 1.10 bits per heavy atom. The molecule has 0 N–H and O–H groups in total. The Bertz CT molecular complexity index is 1250. The fourth-order valence-electron chi connectivity index (χ4n) is 4.09. The molecule has 29 heavy (non-hydrogen) atoms. The predicted octanol–water partition coefficient (Wildman–Crippen LogP) is 4.91. The van der Waals surface area contributed by atoms with Gasteiger partial charge in [0, 0.05) is 28.4 Å². The lowest BCUT2D eigenvalue weighted by Crippen LogP contribution is -2.32. The van der Waals surface area contributed by atoms with Gasteiger partial charge in [0.1, 0.15) is 6.33 Å². The molecule has 0 atom stereocenters. The Balaban J connectivity index is 1.52. The molecule has 0 spiro atoms. The lowest BCUT2D eigenvalue weighted by molar-refractivity contribution is 0.0675. The Morgan fingerprint density at radius 3 is 2.76 bits per heavy atom. The molecule has 0 radical (unpaired) electrons. The first-order valence-electron chi connectivity index (χ1n) is 9.69. The standard InChI is InChI=1S/C23H20N4OS/c1-16-11-22-26-25-15-27(22)21-13-19(5-6-20(16)21)29-18-4-2-3-17(12-18)23(14-24)7-9-28-10-8-23/h2-6,11-13,15H,7-10H2,1H3. The molecule has 0 amide bonds. The fraction of sp³-hybridized carbons (Fsp3) is 0.261. The van der Waals surface area contributed by atoms with Crippen LogP contribution in [-0.2, 0) is 10.2 Å². The second-order valence-corrected chi connectivity index (χ2v) is 8.65. The van der Waals surface area contributed by atoms with E-state index in [4.69, 9.17) is 4.74 Å². The maximum absolute atomic E-state index is 9.87. The van der Waals surface area contributed by atoms with Gasteiger partial charge in [-0.25, -0.2) is 0 Å². The molecule has 3 heterocycles. The highest BCUT2D eigenvalue weighted by molar-refractivity contribution is 7.99. The van der Waals surface area contributed by atoms with Crippen LogP contribution in [0, 0.1) is 18.3 Å². The van der Waals surface area contributed by atoms with Crippen molar-refractivity contribution in [1.29, 1.82) is 5.26 Å². The van der Waals surface area contributed by atoms with Gasteiger partial charge in [-0.1, -0.05) is 30.0 Å². The van der Waals surface area contributed by atoms with Crippen LogP contribution in [0.25, 0.3) is 16.6 Å². The Hall–Kier alpha value is -2.88. The van der Waals surface area contributed by atoms with Crippen molar-refractivity contribution >= 4 is 28.3 Å². The molecule has 144 valence electrons. The van der Waals surface area contributed by atoms with Gasteiger partial charge in [-0.15, -0.1) is 10.2 Å². The monoisotopic (exact) mass is 400 g/mol. The smallest absolute Gasteiger partial charge is 0.161 e. The third-order valence-electron chi connectivity index (χ3n) is 5.76. The summed E-state index contributed by atoms with van der Waals surface area (Å²) in [5.41, 5.74) is 3.80. The summed E-state index contributed by atoms with van der Waals surface area (Å²) in [5.74, 6) is 0. The number of rotatable bonds is 3. The van der Waals surface area contributed by atoms with Crippen molar-refractivity contribution in [3.63, 3.8) is 0 Å². The second-order valence-electron chi connectivity index (χ2n) is 7.50. The van der Waals surface area contributed by atoms with E-state index < -0.39 is 5.41 Å². The number of nitriles is 1. The van der Waals surface area contributed by atoms with Crippen molar-refractivity contribution in [2.75, 3.05) is 13.2 Å². The van der Waals surface area contributed by atoms with Crippen molar-refractivity contribution in [2.45, 2.75) is 35.0 Å². The number of hydrogen-bond donors (Lipinski definition) is 0. The number of fused-ring (bicyclic) bond motifs is 3. The van der Waals surface area contributed by atoms with Gasteiger partial charge in [0.05, 0.1) is 17.0 Å². The molecule has 2 aromatic carbocycles. The first-order valence-corrected chi connectivity index (χ1v) is 10.5. The zero-order valence-corrected chi connectivity index (χ0v) is 16.9. The van der Waals surface area contributed by atoms with Crippen LogP contribution in [0.5, 0.6) is 0 Å². The third-order valence-corrected chi connectivity index (χ3v) is 6.74. The van der Waals surface area contributed by atoms with Crippen LogP contribution in [0.15, 0.2) is 64.6 Å². The fourth-order valence-corrected chi connectivity index (χ4v) is 5.00. The summed E-state index contributed by atoms with van der Waals surface area (Å²) in [4.78, 5) is 2.28. The SMILES string of the molecule is Cc1cc2nncn2c2cc(Sc3cccc(C4(C#N)CCOCC4)c3)ccc12. The average Bonchev–Trinajstić information content (AvgIpc) is 3.23. The molecule has 5 rings (SSSR count). The van der Waals surface area contributed by atoms with Gasteiger partial charge < -0.3 is 4.74 Å². The van der Waals surface area contributed by atoms with Gasteiger partial charge in [0.25, 0.3) is 0 Å². The maximum atomic E-state index is 9.87. The number of benzene rings is 2. The quantitative estimate of drug-likeness (QED) is 0.489. The van der Waals surface area contributed by atoms with Crippen molar-refractivity contribution in [1.82, 2.24) is 14.6 Å². The minimum atomic E-state index is -0.441. The molecular weight excluding hydrogens is 380 g/mol. The molecule has 4 aromatic rings. The number of pyridine rings is 1. The van der Waals surface area contributed by atoms with E-state index in [1.165, 1.54) is 10.9 Å². The molecule has 0 unspecified atom stereocenters. The highest BCUT2D eigenvalue weighted by Crippen LogP contribution is 2.38. The van der Waals surface area contributed by atoms with Crippen LogP contribution in [0.1, 0.15) is 24.0 Å². The normalized spacial score (nSPS) is 16.1. The maximum Gasteiger partial charge on any atom is 0.161 e. The van der Waals surface area contributed by atoms with E-state index in [1.54, 1.807) is 18.1 Å². The summed E-state index contributed by atoms with van der Waals surface area (Å²) in [6.45, 7) is 3.39. The zero-order chi connectivity index (χ0) is 19.8. The molecule has 1 saturated heterocycles. The molecule has 1 aliphatic heterocycles. The first-order chi connectivity index (χ1) is 14.2. The first kappa shape index (κ1) is 18.2. The van der Waals surface area contributed by atoms with Gasteiger partial charge in [-0.3, -0.25) is 4.40 Å². The minimum absolute atomic E-state index is 0.441. The van der Waals surface area contributed by atoms with Crippen LogP contribution in [0.2, 0.25) is 0 Å². The highest BCUT2D eigenvalue weighted by atomic mass is 32.2.